The van der Waals surface area contributed by atoms with E-state index in [1.807, 2.05) is 0 Å². The van der Waals surface area contributed by atoms with Crippen LogP contribution < -0.4 is 4.74 Å². The fourth-order valence-corrected chi connectivity index (χ4v) is 1.15. The molecule has 88 valence electrons. The van der Waals surface area contributed by atoms with E-state index in [2.05, 4.69) is 9.72 Å². The van der Waals surface area contributed by atoms with Crippen LogP contribution >= 0.6 is 0 Å². The fraction of sp³-hybridized carbons (Fsp3) is 0.333. The van der Waals surface area contributed by atoms with E-state index < -0.39 is 36.1 Å². The molecule has 1 aromatic rings. The molecular weight excluding hydrogens is 227 g/mol. The second kappa shape index (κ2) is 4.82. The summed E-state index contributed by atoms with van der Waals surface area (Å²) >= 11 is 0. The maximum absolute atomic E-state index is 13.2. The molecule has 4 nitrogen and oxygen atoms in total. The van der Waals surface area contributed by atoms with Crippen molar-refractivity contribution < 1.29 is 27.8 Å². The number of halogens is 3. The molecule has 1 aromatic heterocycles. The average Bonchev–Trinajstić information content (AvgIpc) is 2.14. The third-order valence-corrected chi connectivity index (χ3v) is 1.77. The highest BCUT2D eigenvalue weighted by molar-refractivity contribution is 5.69. The molecule has 0 bridgehead atoms. The number of hydrogen-bond donors (Lipinski definition) is 1. The Hall–Kier alpha value is -1.79. The van der Waals surface area contributed by atoms with E-state index in [1.54, 1.807) is 0 Å². The summed E-state index contributed by atoms with van der Waals surface area (Å²) in [6.07, 6.45) is -3.63. The quantitative estimate of drug-likeness (QED) is 0.864. The number of pyridine rings is 1. The van der Waals surface area contributed by atoms with Gasteiger partial charge in [0, 0.05) is 0 Å². The Bertz CT molecular complexity index is 409. The van der Waals surface area contributed by atoms with E-state index in [4.69, 9.17) is 5.11 Å². The van der Waals surface area contributed by atoms with Gasteiger partial charge in [0.05, 0.1) is 19.2 Å². The first kappa shape index (κ1) is 12.3. The van der Waals surface area contributed by atoms with Gasteiger partial charge in [-0.1, -0.05) is 0 Å². The van der Waals surface area contributed by atoms with Crippen molar-refractivity contribution in [1.29, 1.82) is 0 Å². The SMILES string of the molecule is COc1nc(CC(=O)O)cc(F)c1C(F)F. The predicted octanol–water partition coefficient (Wildman–Crippen LogP) is 1.79. The first-order valence-corrected chi connectivity index (χ1v) is 4.19. The van der Waals surface area contributed by atoms with Crippen molar-refractivity contribution in [3.8, 4) is 5.88 Å². The smallest absolute Gasteiger partial charge is 0.309 e. The third kappa shape index (κ3) is 2.62. The number of methoxy groups -OCH3 is 1. The van der Waals surface area contributed by atoms with Crippen LogP contribution in [0.3, 0.4) is 0 Å². The topological polar surface area (TPSA) is 59.4 Å². The second-order valence-corrected chi connectivity index (χ2v) is 2.89. The van der Waals surface area contributed by atoms with Crippen molar-refractivity contribution in [3.63, 3.8) is 0 Å². The summed E-state index contributed by atoms with van der Waals surface area (Å²) in [5.74, 6) is -3.05. The van der Waals surface area contributed by atoms with Gasteiger partial charge in [-0.25, -0.2) is 18.2 Å². The van der Waals surface area contributed by atoms with E-state index in [9.17, 15) is 18.0 Å². The van der Waals surface area contributed by atoms with Crippen LogP contribution in [0.15, 0.2) is 6.07 Å². The van der Waals surface area contributed by atoms with Gasteiger partial charge in [0.2, 0.25) is 5.88 Å². The molecule has 0 atom stereocenters. The lowest BCUT2D eigenvalue weighted by molar-refractivity contribution is -0.136. The minimum absolute atomic E-state index is 0.175. The molecule has 0 unspecified atom stereocenters. The highest BCUT2D eigenvalue weighted by atomic mass is 19.3. The minimum atomic E-state index is -3.07. The van der Waals surface area contributed by atoms with Crippen molar-refractivity contribution >= 4 is 5.97 Å². The summed E-state index contributed by atoms with van der Waals surface area (Å²) in [4.78, 5) is 13.8. The lowest BCUT2D eigenvalue weighted by Gasteiger charge is -2.09. The van der Waals surface area contributed by atoms with Gasteiger partial charge in [-0.3, -0.25) is 4.79 Å². The highest BCUT2D eigenvalue weighted by Gasteiger charge is 2.22. The van der Waals surface area contributed by atoms with Crippen LogP contribution in [0.5, 0.6) is 5.88 Å². The van der Waals surface area contributed by atoms with Gasteiger partial charge in [0.15, 0.2) is 0 Å². The summed E-state index contributed by atoms with van der Waals surface area (Å²) in [6.45, 7) is 0. The number of carboxylic acids is 1. The highest BCUT2D eigenvalue weighted by Crippen LogP contribution is 2.30. The number of carbonyl (C=O) groups is 1. The van der Waals surface area contributed by atoms with Gasteiger partial charge < -0.3 is 9.84 Å². The Morgan fingerprint density at radius 2 is 2.25 bits per heavy atom. The Balaban J connectivity index is 3.20. The Morgan fingerprint density at radius 3 is 2.69 bits per heavy atom. The zero-order valence-corrected chi connectivity index (χ0v) is 8.21. The number of nitrogens with zero attached hydrogens (tertiary/aromatic N) is 1. The Morgan fingerprint density at radius 1 is 1.62 bits per heavy atom. The molecule has 0 aliphatic heterocycles. The van der Waals surface area contributed by atoms with Crippen LogP contribution in [0.4, 0.5) is 13.2 Å². The number of carboxylic acid groups (broad SMARTS) is 1. The number of aliphatic carboxylic acids is 1. The molecule has 0 saturated carbocycles. The molecular formula is C9H8F3NO3. The third-order valence-electron chi connectivity index (χ3n) is 1.77. The molecule has 1 rings (SSSR count). The molecule has 0 aromatic carbocycles. The standard InChI is InChI=1S/C9H8F3NO3/c1-16-9-7(8(11)12)5(10)2-4(13-9)3-6(14)15/h2,8H,3H2,1H3,(H,14,15). The molecule has 0 spiro atoms. The molecule has 0 radical (unpaired) electrons. The summed E-state index contributed by atoms with van der Waals surface area (Å²) in [5, 5.41) is 8.45. The van der Waals surface area contributed by atoms with E-state index in [1.165, 1.54) is 0 Å². The molecule has 0 aliphatic carbocycles. The van der Waals surface area contributed by atoms with Gasteiger partial charge in [-0.2, -0.15) is 0 Å². The van der Waals surface area contributed by atoms with Crippen LogP contribution in [0.25, 0.3) is 0 Å². The van der Waals surface area contributed by atoms with Crippen LogP contribution in [-0.2, 0) is 11.2 Å². The first-order valence-electron chi connectivity index (χ1n) is 4.19. The number of alkyl halides is 2. The molecule has 1 N–H and O–H groups in total. The Kier molecular flexibility index (Phi) is 3.70. The van der Waals surface area contributed by atoms with Gasteiger partial charge in [0.1, 0.15) is 11.4 Å². The summed E-state index contributed by atoms with van der Waals surface area (Å²) in [5.41, 5.74) is -1.14. The average molecular weight is 235 g/mol. The van der Waals surface area contributed by atoms with Crippen LogP contribution in [0.2, 0.25) is 0 Å². The first-order chi connectivity index (χ1) is 7.45. The van der Waals surface area contributed by atoms with Crippen molar-refractivity contribution in [1.82, 2.24) is 4.98 Å². The molecule has 0 amide bonds. The minimum Gasteiger partial charge on any atom is -0.481 e. The monoisotopic (exact) mass is 235 g/mol. The number of rotatable bonds is 4. The van der Waals surface area contributed by atoms with Gasteiger partial charge in [-0.05, 0) is 6.07 Å². The van der Waals surface area contributed by atoms with Crippen LogP contribution in [-0.4, -0.2) is 23.2 Å². The molecule has 1 heterocycles. The number of aromatic nitrogens is 1. The van der Waals surface area contributed by atoms with E-state index in [0.29, 0.717) is 6.07 Å². The zero-order chi connectivity index (χ0) is 12.3. The van der Waals surface area contributed by atoms with Gasteiger partial charge in [-0.15, -0.1) is 0 Å². The van der Waals surface area contributed by atoms with E-state index in [-0.39, 0.29) is 5.69 Å². The number of ether oxygens (including phenoxy) is 1. The van der Waals surface area contributed by atoms with E-state index >= 15 is 0 Å². The molecule has 7 heteroatoms. The van der Waals surface area contributed by atoms with Gasteiger partial charge in [0.25, 0.3) is 6.43 Å². The lowest BCUT2D eigenvalue weighted by Crippen LogP contribution is -2.07. The largest absolute Gasteiger partial charge is 0.481 e. The van der Waals surface area contributed by atoms with Crippen molar-refractivity contribution in [3.05, 3.63) is 23.1 Å². The summed E-state index contributed by atoms with van der Waals surface area (Å²) in [6, 6.07) is 0.665. The predicted molar refractivity (Wildman–Crippen MR) is 47.0 cm³/mol. The maximum atomic E-state index is 13.2. The van der Waals surface area contributed by atoms with Crippen LogP contribution in [0, 0.1) is 5.82 Å². The summed E-state index contributed by atoms with van der Waals surface area (Å²) in [7, 11) is 1.05. The van der Waals surface area contributed by atoms with Crippen molar-refractivity contribution in [2.75, 3.05) is 7.11 Å². The number of hydrogen-bond acceptors (Lipinski definition) is 3. The zero-order valence-electron chi connectivity index (χ0n) is 8.21. The fourth-order valence-electron chi connectivity index (χ4n) is 1.15. The molecule has 0 aliphatic rings. The van der Waals surface area contributed by atoms with Gasteiger partial charge >= 0.3 is 5.97 Å². The molecule has 0 saturated heterocycles. The Labute approximate surface area is 88.7 Å². The summed E-state index contributed by atoms with van der Waals surface area (Å²) < 4.78 is 42.5. The normalized spacial score (nSPS) is 10.6. The van der Waals surface area contributed by atoms with Crippen molar-refractivity contribution in [2.24, 2.45) is 0 Å². The molecule has 16 heavy (non-hydrogen) atoms. The second-order valence-electron chi connectivity index (χ2n) is 2.89. The van der Waals surface area contributed by atoms with E-state index in [0.717, 1.165) is 7.11 Å². The van der Waals surface area contributed by atoms with Crippen molar-refractivity contribution in [2.45, 2.75) is 12.8 Å². The maximum Gasteiger partial charge on any atom is 0.309 e. The van der Waals surface area contributed by atoms with Crippen LogP contribution in [0.1, 0.15) is 17.7 Å². The molecule has 0 fully saturated rings. The lowest BCUT2D eigenvalue weighted by atomic mass is 10.2.